The van der Waals surface area contributed by atoms with Crippen molar-refractivity contribution in [3.8, 4) is 0 Å². The summed E-state index contributed by atoms with van der Waals surface area (Å²) >= 11 is 1.58. The van der Waals surface area contributed by atoms with E-state index in [-0.39, 0.29) is 12.3 Å². The molecule has 0 spiro atoms. The summed E-state index contributed by atoms with van der Waals surface area (Å²) in [5, 5.41) is 16.5. The van der Waals surface area contributed by atoms with Gasteiger partial charge in [-0.2, -0.15) is 0 Å². The molecule has 6 heteroatoms. The maximum Gasteiger partial charge on any atom is 0.269 e. The Balaban J connectivity index is 1.92. The van der Waals surface area contributed by atoms with E-state index in [4.69, 9.17) is 4.84 Å². The summed E-state index contributed by atoms with van der Waals surface area (Å²) in [5.41, 5.74) is 1.92. The minimum Gasteiger partial charge on any atom is -0.391 e. The lowest BCUT2D eigenvalue weighted by molar-refractivity contribution is -0.384. The molecule has 0 saturated carbocycles. The van der Waals surface area contributed by atoms with Crippen LogP contribution < -0.4 is 0 Å². The third kappa shape index (κ3) is 3.62. The van der Waals surface area contributed by atoms with Crippen LogP contribution >= 0.6 is 11.3 Å². The molecule has 0 unspecified atom stereocenters. The molecule has 5 nitrogen and oxygen atoms in total. The molecule has 0 aliphatic heterocycles. The van der Waals surface area contributed by atoms with Gasteiger partial charge in [0.05, 0.1) is 16.0 Å². The van der Waals surface area contributed by atoms with Gasteiger partial charge in [-0.15, -0.1) is 11.3 Å². The molecule has 0 bridgehead atoms. The summed E-state index contributed by atoms with van der Waals surface area (Å²) in [5.74, 6) is 0. The predicted molar refractivity (Wildman–Crippen MR) is 74.5 cm³/mol. The van der Waals surface area contributed by atoms with Crippen molar-refractivity contribution in [3.05, 3.63) is 61.8 Å². The van der Waals surface area contributed by atoms with Crippen molar-refractivity contribution in [2.45, 2.75) is 13.5 Å². The van der Waals surface area contributed by atoms with E-state index in [0.29, 0.717) is 5.56 Å². The molecule has 2 rings (SSSR count). The van der Waals surface area contributed by atoms with E-state index in [2.05, 4.69) is 5.16 Å². The quantitative estimate of drug-likeness (QED) is 0.477. The Hall–Kier alpha value is -2.21. The summed E-state index contributed by atoms with van der Waals surface area (Å²) in [6.07, 6.45) is 1.65. The first-order valence-electron chi connectivity index (χ1n) is 5.59. The van der Waals surface area contributed by atoms with Crippen molar-refractivity contribution in [1.29, 1.82) is 0 Å². The molecule has 2 aromatic rings. The maximum absolute atomic E-state index is 10.6. The first kappa shape index (κ1) is 13.2. The fourth-order valence-electron chi connectivity index (χ4n) is 1.47. The number of aryl methyl sites for hydroxylation is 1. The van der Waals surface area contributed by atoms with Crippen molar-refractivity contribution in [3.63, 3.8) is 0 Å². The van der Waals surface area contributed by atoms with Crippen LogP contribution in [0.2, 0.25) is 0 Å². The van der Waals surface area contributed by atoms with Gasteiger partial charge in [-0.25, -0.2) is 0 Å². The highest BCUT2D eigenvalue weighted by Crippen LogP contribution is 2.15. The van der Waals surface area contributed by atoms with Crippen LogP contribution in [0.4, 0.5) is 5.69 Å². The van der Waals surface area contributed by atoms with Gasteiger partial charge < -0.3 is 4.84 Å². The first-order chi connectivity index (χ1) is 9.16. The third-order valence-electron chi connectivity index (χ3n) is 2.50. The predicted octanol–water partition coefficient (Wildman–Crippen LogP) is 3.52. The number of hydrogen-bond donors (Lipinski definition) is 0. The number of rotatable bonds is 5. The lowest BCUT2D eigenvalue weighted by Crippen LogP contribution is -1.92. The van der Waals surface area contributed by atoms with Crippen molar-refractivity contribution in [2.24, 2.45) is 5.16 Å². The molecule has 0 aliphatic rings. The highest BCUT2D eigenvalue weighted by atomic mass is 32.1. The molecular formula is C13H12N2O3S. The highest BCUT2D eigenvalue weighted by molar-refractivity contribution is 7.11. The monoisotopic (exact) mass is 276 g/mol. The molecule has 0 atom stereocenters. The number of nitro groups is 1. The number of nitro benzene ring substituents is 1. The minimum absolute atomic E-state index is 0.0548. The average molecular weight is 276 g/mol. The summed E-state index contributed by atoms with van der Waals surface area (Å²) < 4.78 is 0. The van der Waals surface area contributed by atoms with Crippen molar-refractivity contribution >= 4 is 23.2 Å². The third-order valence-corrected chi connectivity index (χ3v) is 3.45. The van der Waals surface area contributed by atoms with Gasteiger partial charge in [0.15, 0.2) is 0 Å². The second-order valence-electron chi connectivity index (χ2n) is 3.90. The smallest absolute Gasteiger partial charge is 0.269 e. The number of thiophene rings is 1. The Morgan fingerprint density at radius 3 is 3.00 bits per heavy atom. The summed E-state index contributed by atoms with van der Waals surface area (Å²) in [6.45, 7) is 2.21. The topological polar surface area (TPSA) is 64.7 Å². The molecule has 0 N–H and O–H groups in total. The molecule has 1 aromatic heterocycles. The standard InChI is InChI=1S/C13H12N2O3S/c1-10-5-6-19-13(10)8-14-18-9-11-3-2-4-12(7-11)15(16)17/h2-8H,9H2,1H3/b14-8-. The molecule has 0 aliphatic carbocycles. The van der Waals surface area contributed by atoms with Crippen LogP contribution in [0, 0.1) is 17.0 Å². The Kier molecular flexibility index (Phi) is 4.25. The van der Waals surface area contributed by atoms with Gasteiger partial charge in [0.25, 0.3) is 5.69 Å². The molecule has 0 fully saturated rings. The van der Waals surface area contributed by atoms with Crippen molar-refractivity contribution < 1.29 is 9.76 Å². The molecule has 1 aromatic carbocycles. The summed E-state index contributed by atoms with van der Waals surface area (Å²) in [4.78, 5) is 16.4. The zero-order valence-electron chi connectivity index (χ0n) is 10.3. The lowest BCUT2D eigenvalue weighted by atomic mass is 10.2. The van der Waals surface area contributed by atoms with Crippen LogP contribution in [0.15, 0.2) is 40.9 Å². The van der Waals surface area contributed by atoms with Gasteiger partial charge >= 0.3 is 0 Å². The van der Waals surface area contributed by atoms with E-state index in [1.165, 1.54) is 12.1 Å². The van der Waals surface area contributed by atoms with Crippen LogP contribution in [0.5, 0.6) is 0 Å². The van der Waals surface area contributed by atoms with Crippen molar-refractivity contribution in [1.82, 2.24) is 0 Å². The van der Waals surface area contributed by atoms with Gasteiger partial charge in [-0.3, -0.25) is 10.1 Å². The van der Waals surface area contributed by atoms with Crippen molar-refractivity contribution in [2.75, 3.05) is 0 Å². The van der Waals surface area contributed by atoms with Crippen LogP contribution in [0.1, 0.15) is 16.0 Å². The molecule has 0 saturated heterocycles. The SMILES string of the molecule is Cc1ccsc1/C=N\OCc1cccc([N+](=O)[O-])c1. The van der Waals surface area contributed by atoms with Crippen LogP contribution in [-0.4, -0.2) is 11.1 Å². The summed E-state index contributed by atoms with van der Waals surface area (Å²) in [6, 6.07) is 8.32. The highest BCUT2D eigenvalue weighted by Gasteiger charge is 2.05. The fraction of sp³-hybridized carbons (Fsp3) is 0.154. The lowest BCUT2D eigenvalue weighted by Gasteiger charge is -1.99. The van der Waals surface area contributed by atoms with Crippen LogP contribution in [0.3, 0.4) is 0 Å². The molecule has 0 amide bonds. The van der Waals surface area contributed by atoms with Crippen LogP contribution in [0.25, 0.3) is 0 Å². The minimum atomic E-state index is -0.429. The molecule has 19 heavy (non-hydrogen) atoms. The van der Waals surface area contributed by atoms with Gasteiger partial charge in [-0.1, -0.05) is 17.3 Å². The zero-order chi connectivity index (χ0) is 13.7. The number of hydrogen-bond acceptors (Lipinski definition) is 5. The number of benzene rings is 1. The summed E-state index contributed by atoms with van der Waals surface area (Å²) in [7, 11) is 0. The second-order valence-corrected chi connectivity index (χ2v) is 4.85. The Bertz CT molecular complexity index is 607. The van der Waals surface area contributed by atoms with E-state index in [9.17, 15) is 10.1 Å². The Morgan fingerprint density at radius 1 is 1.47 bits per heavy atom. The average Bonchev–Trinajstić information content (AvgIpc) is 2.81. The van der Waals surface area contributed by atoms with Crippen LogP contribution in [-0.2, 0) is 11.4 Å². The van der Waals surface area contributed by atoms with Gasteiger partial charge in [0.1, 0.15) is 6.61 Å². The molecular weight excluding hydrogens is 264 g/mol. The van der Waals surface area contributed by atoms with Gasteiger partial charge in [-0.05, 0) is 29.5 Å². The Labute approximate surface area is 114 Å². The number of nitrogens with zero attached hydrogens (tertiary/aromatic N) is 2. The maximum atomic E-state index is 10.6. The zero-order valence-corrected chi connectivity index (χ0v) is 11.1. The molecule has 1 heterocycles. The fourth-order valence-corrected chi connectivity index (χ4v) is 2.25. The normalized spacial score (nSPS) is 10.8. The Morgan fingerprint density at radius 2 is 2.32 bits per heavy atom. The van der Waals surface area contributed by atoms with E-state index < -0.39 is 4.92 Å². The van der Waals surface area contributed by atoms with E-state index in [1.54, 1.807) is 29.7 Å². The van der Waals surface area contributed by atoms with Gasteiger partial charge in [0, 0.05) is 12.1 Å². The van der Waals surface area contributed by atoms with Gasteiger partial charge in [0.2, 0.25) is 0 Å². The van der Waals surface area contributed by atoms with E-state index >= 15 is 0 Å². The largest absolute Gasteiger partial charge is 0.391 e. The number of non-ortho nitro benzene ring substituents is 1. The number of oxime groups is 1. The molecule has 98 valence electrons. The van der Waals surface area contributed by atoms with E-state index in [1.807, 2.05) is 18.4 Å². The van der Waals surface area contributed by atoms with E-state index in [0.717, 1.165) is 10.4 Å². The molecule has 0 radical (unpaired) electrons. The second kappa shape index (κ2) is 6.10. The first-order valence-corrected chi connectivity index (χ1v) is 6.47.